The van der Waals surface area contributed by atoms with E-state index in [-0.39, 0.29) is 4.75 Å². The summed E-state index contributed by atoms with van der Waals surface area (Å²) in [7, 11) is -1.54. The van der Waals surface area contributed by atoms with Crippen LogP contribution in [0.5, 0.6) is 0 Å². The lowest BCUT2D eigenvalue weighted by atomic mass is 10.2. The van der Waals surface area contributed by atoms with Crippen molar-refractivity contribution in [2.75, 3.05) is 39.0 Å². The van der Waals surface area contributed by atoms with E-state index in [0.717, 1.165) is 48.9 Å². The van der Waals surface area contributed by atoms with Crippen LogP contribution in [-0.2, 0) is 16.6 Å². The van der Waals surface area contributed by atoms with Gasteiger partial charge in [-0.1, -0.05) is 6.42 Å². The summed E-state index contributed by atoms with van der Waals surface area (Å²) in [4.78, 5) is 7.72. The first kappa shape index (κ1) is 21.0. The normalized spacial score (nSPS) is 22.0. The van der Waals surface area contributed by atoms with Gasteiger partial charge in [0.05, 0.1) is 6.54 Å². The van der Waals surface area contributed by atoms with Crippen molar-refractivity contribution in [2.24, 2.45) is 4.99 Å². The third-order valence-electron chi connectivity index (χ3n) is 4.90. The number of nitrogens with zero attached hydrogens (tertiary/aromatic N) is 3. The molecule has 0 atom stereocenters. The zero-order valence-corrected chi connectivity index (χ0v) is 18.9. The lowest BCUT2D eigenvalue weighted by Gasteiger charge is -2.39. The van der Waals surface area contributed by atoms with Crippen LogP contribution in [0, 0.1) is 0 Å². The Morgan fingerprint density at radius 1 is 1.22 bits per heavy atom. The molecule has 3 rings (SSSR count). The lowest BCUT2D eigenvalue weighted by molar-refractivity contribution is 0.347. The van der Waals surface area contributed by atoms with Gasteiger partial charge in [-0.15, -0.1) is 11.3 Å². The van der Waals surface area contributed by atoms with Crippen molar-refractivity contribution in [3.8, 4) is 0 Å². The highest BCUT2D eigenvalue weighted by Gasteiger charge is 2.29. The smallest absolute Gasteiger partial charge is 0.252 e. The lowest BCUT2D eigenvalue weighted by Crippen LogP contribution is -2.50. The number of thioether (sulfide) groups is 1. The van der Waals surface area contributed by atoms with Gasteiger partial charge in [-0.05, 0) is 38.8 Å². The zero-order chi connectivity index (χ0) is 19.5. The Kier molecular flexibility index (Phi) is 6.76. The number of aliphatic imine (C=N–C) groups is 1. The van der Waals surface area contributed by atoms with Gasteiger partial charge >= 0.3 is 0 Å². The maximum atomic E-state index is 12.8. The molecule has 27 heavy (non-hydrogen) atoms. The fourth-order valence-corrected chi connectivity index (χ4v) is 7.60. The number of rotatable bonds is 4. The fraction of sp³-hybridized carbons (Fsp3) is 0.722. The second kappa shape index (κ2) is 8.71. The molecule has 0 radical (unpaired) electrons. The van der Waals surface area contributed by atoms with Crippen LogP contribution < -0.4 is 5.32 Å². The van der Waals surface area contributed by atoms with E-state index >= 15 is 0 Å². The van der Waals surface area contributed by atoms with Gasteiger partial charge in [-0.3, -0.25) is 4.99 Å². The molecular formula is C18H30N4O2S3. The summed E-state index contributed by atoms with van der Waals surface area (Å²) >= 11 is 3.35. The summed E-state index contributed by atoms with van der Waals surface area (Å²) in [5.41, 5.74) is 0. The Morgan fingerprint density at radius 3 is 2.63 bits per heavy atom. The van der Waals surface area contributed by atoms with Crippen LogP contribution in [0.1, 0.15) is 38.0 Å². The van der Waals surface area contributed by atoms with Crippen LogP contribution >= 0.6 is 23.1 Å². The first-order chi connectivity index (χ1) is 12.8. The second-order valence-electron chi connectivity index (χ2n) is 7.62. The summed E-state index contributed by atoms with van der Waals surface area (Å²) < 4.78 is 27.9. The predicted octanol–water partition coefficient (Wildman–Crippen LogP) is 2.83. The quantitative estimate of drug-likeness (QED) is 0.588. The van der Waals surface area contributed by atoms with Crippen molar-refractivity contribution in [1.82, 2.24) is 14.5 Å². The molecule has 0 unspecified atom stereocenters. The molecular weight excluding hydrogens is 400 g/mol. The molecule has 1 aromatic heterocycles. The molecule has 6 nitrogen and oxygen atoms in total. The maximum absolute atomic E-state index is 12.8. The molecule has 1 N–H and O–H groups in total. The molecule has 1 aromatic rings. The van der Waals surface area contributed by atoms with Gasteiger partial charge in [0, 0.05) is 48.6 Å². The van der Waals surface area contributed by atoms with Crippen molar-refractivity contribution in [3.63, 3.8) is 0 Å². The van der Waals surface area contributed by atoms with E-state index in [4.69, 9.17) is 0 Å². The van der Waals surface area contributed by atoms with E-state index in [1.807, 2.05) is 17.8 Å². The average Bonchev–Trinajstić information content (AvgIpc) is 3.12. The number of sulfonamides is 1. The summed E-state index contributed by atoms with van der Waals surface area (Å²) in [6.07, 6.45) is 3.04. The Bertz CT molecular complexity index is 767. The highest BCUT2D eigenvalue weighted by atomic mass is 32.2. The Balaban J connectivity index is 1.62. The van der Waals surface area contributed by atoms with Gasteiger partial charge in [0.1, 0.15) is 4.21 Å². The first-order valence-electron chi connectivity index (χ1n) is 9.50. The van der Waals surface area contributed by atoms with Crippen molar-refractivity contribution in [2.45, 2.75) is 48.6 Å². The van der Waals surface area contributed by atoms with E-state index in [0.29, 0.717) is 23.8 Å². The number of piperidine rings is 1. The topological polar surface area (TPSA) is 65.0 Å². The third-order valence-corrected chi connectivity index (χ3v) is 9.65. The summed E-state index contributed by atoms with van der Waals surface area (Å²) in [6.45, 7) is 8.33. The Hall–Kier alpha value is -0.770. The van der Waals surface area contributed by atoms with Crippen LogP contribution in [0.2, 0.25) is 0 Å². The molecule has 0 aromatic carbocycles. The van der Waals surface area contributed by atoms with Gasteiger partial charge in [0.25, 0.3) is 10.0 Å². The highest BCUT2D eigenvalue weighted by Crippen LogP contribution is 2.30. The van der Waals surface area contributed by atoms with E-state index in [9.17, 15) is 8.42 Å². The molecule has 0 saturated carbocycles. The molecule has 2 saturated heterocycles. The molecule has 152 valence electrons. The summed E-state index contributed by atoms with van der Waals surface area (Å²) in [5, 5.41) is 3.41. The molecule has 0 spiro atoms. The van der Waals surface area contributed by atoms with Gasteiger partial charge in [0.15, 0.2) is 5.96 Å². The summed E-state index contributed by atoms with van der Waals surface area (Å²) in [6, 6.07) is 3.66. The van der Waals surface area contributed by atoms with Crippen LogP contribution in [0.3, 0.4) is 0 Å². The van der Waals surface area contributed by atoms with Gasteiger partial charge in [-0.25, -0.2) is 8.42 Å². The molecule has 2 fully saturated rings. The molecule has 0 amide bonds. The van der Waals surface area contributed by atoms with Crippen molar-refractivity contribution < 1.29 is 8.42 Å². The minimum absolute atomic E-state index is 0.217. The monoisotopic (exact) mass is 430 g/mol. The van der Waals surface area contributed by atoms with Crippen LogP contribution in [0.15, 0.2) is 21.3 Å². The molecule has 2 aliphatic rings. The number of nitrogens with one attached hydrogen (secondary N) is 1. The zero-order valence-electron chi connectivity index (χ0n) is 16.4. The van der Waals surface area contributed by atoms with E-state index in [2.05, 4.69) is 29.1 Å². The summed E-state index contributed by atoms with van der Waals surface area (Å²) in [5.74, 6) is 1.97. The minimum Gasteiger partial charge on any atom is -0.351 e. The van der Waals surface area contributed by atoms with Crippen molar-refractivity contribution in [3.05, 3.63) is 17.0 Å². The Labute approximate surface area is 171 Å². The van der Waals surface area contributed by atoms with Crippen LogP contribution in [0.25, 0.3) is 0 Å². The number of hydrogen-bond acceptors (Lipinski definition) is 5. The number of thiophene rings is 1. The average molecular weight is 431 g/mol. The largest absolute Gasteiger partial charge is 0.351 e. The molecule has 0 bridgehead atoms. The predicted molar refractivity (Wildman–Crippen MR) is 115 cm³/mol. The molecule has 2 aliphatic heterocycles. The van der Waals surface area contributed by atoms with Gasteiger partial charge < -0.3 is 10.2 Å². The molecule has 3 heterocycles. The Morgan fingerprint density at radius 2 is 1.96 bits per heavy atom. The SMILES string of the molecule is CN=C(NCc1ccc(S(=O)(=O)N2CCCCC2)s1)N1CCSC(C)(C)C1. The van der Waals surface area contributed by atoms with Gasteiger partial charge in [0.2, 0.25) is 0 Å². The minimum atomic E-state index is -3.34. The van der Waals surface area contributed by atoms with E-state index < -0.39 is 10.0 Å². The van der Waals surface area contributed by atoms with Crippen LogP contribution in [0.4, 0.5) is 0 Å². The molecule has 9 heteroatoms. The standard InChI is InChI=1S/C18H30N4O2S3/c1-18(2)14-21(11-12-25-18)17(19-3)20-13-15-7-8-16(26-15)27(23,24)22-9-5-4-6-10-22/h7-8H,4-6,9-14H2,1-3H3,(H,19,20). The maximum Gasteiger partial charge on any atom is 0.252 e. The van der Waals surface area contributed by atoms with Crippen molar-refractivity contribution in [1.29, 1.82) is 0 Å². The van der Waals surface area contributed by atoms with E-state index in [1.54, 1.807) is 17.4 Å². The van der Waals surface area contributed by atoms with Crippen molar-refractivity contribution >= 4 is 39.1 Å². The number of guanidine groups is 1. The second-order valence-corrected chi connectivity index (χ2v) is 12.8. The number of hydrogen-bond donors (Lipinski definition) is 1. The first-order valence-corrected chi connectivity index (χ1v) is 12.7. The highest BCUT2D eigenvalue weighted by molar-refractivity contribution is 8.00. The van der Waals surface area contributed by atoms with Crippen LogP contribution in [-0.4, -0.2) is 67.3 Å². The van der Waals surface area contributed by atoms with E-state index in [1.165, 1.54) is 11.3 Å². The fourth-order valence-electron chi connectivity index (χ4n) is 3.52. The third kappa shape index (κ3) is 5.19. The molecule has 0 aliphatic carbocycles. The van der Waals surface area contributed by atoms with Gasteiger partial charge in [-0.2, -0.15) is 16.1 Å².